The van der Waals surface area contributed by atoms with Gasteiger partial charge in [0.1, 0.15) is 5.75 Å². The maximum atomic E-state index is 12.2. The minimum atomic E-state index is -0.137. The van der Waals surface area contributed by atoms with Crippen molar-refractivity contribution in [3.05, 3.63) is 29.8 Å². The monoisotopic (exact) mass is 302 g/mol. The van der Waals surface area contributed by atoms with E-state index in [0.29, 0.717) is 32.4 Å². The zero-order valence-electron chi connectivity index (χ0n) is 12.4. The van der Waals surface area contributed by atoms with E-state index in [9.17, 15) is 14.4 Å². The fourth-order valence-electron chi connectivity index (χ4n) is 2.85. The summed E-state index contributed by atoms with van der Waals surface area (Å²) in [6.45, 7) is 0.902. The van der Waals surface area contributed by atoms with Crippen molar-refractivity contribution in [1.82, 2.24) is 9.80 Å². The van der Waals surface area contributed by atoms with Crippen molar-refractivity contribution in [2.45, 2.75) is 25.3 Å². The Hall–Kier alpha value is -2.37. The van der Waals surface area contributed by atoms with Crippen LogP contribution in [0.5, 0.6) is 5.75 Å². The van der Waals surface area contributed by atoms with Crippen molar-refractivity contribution in [1.29, 1.82) is 0 Å². The lowest BCUT2D eigenvalue weighted by Gasteiger charge is -2.43. The topological polar surface area (TPSA) is 66.9 Å². The van der Waals surface area contributed by atoms with E-state index >= 15 is 0 Å². The molecule has 3 rings (SSSR count). The van der Waals surface area contributed by atoms with E-state index < -0.39 is 0 Å². The number of imide groups is 1. The number of carbonyl (C=O) groups excluding carboxylic acids is 3. The zero-order valence-corrected chi connectivity index (χ0v) is 12.4. The third-order valence-electron chi connectivity index (χ3n) is 4.18. The number of hydrogen-bond donors (Lipinski definition) is 0. The average Bonchev–Trinajstić information content (AvgIpc) is 2.79. The molecule has 2 fully saturated rings. The van der Waals surface area contributed by atoms with E-state index in [1.807, 2.05) is 24.3 Å². The van der Waals surface area contributed by atoms with Crippen LogP contribution in [0.25, 0.3) is 0 Å². The Kier molecular flexibility index (Phi) is 3.83. The van der Waals surface area contributed by atoms with E-state index in [-0.39, 0.29) is 23.8 Å². The molecule has 0 radical (unpaired) electrons. The van der Waals surface area contributed by atoms with Gasteiger partial charge in [-0.1, -0.05) is 12.1 Å². The first kappa shape index (κ1) is 14.6. The number of amides is 3. The first-order valence-electron chi connectivity index (χ1n) is 7.34. The van der Waals surface area contributed by atoms with Crippen molar-refractivity contribution in [3.63, 3.8) is 0 Å². The fourth-order valence-corrected chi connectivity index (χ4v) is 2.85. The van der Waals surface area contributed by atoms with E-state index in [1.54, 1.807) is 12.0 Å². The molecule has 0 N–H and O–H groups in total. The fraction of sp³-hybridized carbons (Fsp3) is 0.438. The van der Waals surface area contributed by atoms with Crippen LogP contribution in [-0.2, 0) is 20.8 Å². The van der Waals surface area contributed by atoms with Crippen LogP contribution < -0.4 is 4.74 Å². The van der Waals surface area contributed by atoms with Gasteiger partial charge < -0.3 is 9.64 Å². The first-order chi connectivity index (χ1) is 10.6. The Labute approximate surface area is 128 Å². The molecule has 6 nitrogen and oxygen atoms in total. The van der Waals surface area contributed by atoms with E-state index in [2.05, 4.69) is 0 Å². The molecule has 0 aromatic heterocycles. The van der Waals surface area contributed by atoms with Crippen LogP contribution in [0.15, 0.2) is 24.3 Å². The molecule has 2 heterocycles. The molecule has 0 aliphatic carbocycles. The van der Waals surface area contributed by atoms with Crippen molar-refractivity contribution < 1.29 is 19.1 Å². The molecular weight excluding hydrogens is 284 g/mol. The molecule has 2 aliphatic heterocycles. The summed E-state index contributed by atoms with van der Waals surface area (Å²) in [7, 11) is 1.60. The molecule has 2 aliphatic rings. The normalized spacial score (nSPS) is 18.6. The molecule has 0 saturated carbocycles. The highest BCUT2D eigenvalue weighted by Gasteiger charge is 2.42. The van der Waals surface area contributed by atoms with Gasteiger partial charge in [-0.05, 0) is 17.7 Å². The second-order valence-corrected chi connectivity index (χ2v) is 5.63. The summed E-state index contributed by atoms with van der Waals surface area (Å²) in [4.78, 5) is 38.5. The van der Waals surface area contributed by atoms with Crippen LogP contribution in [0.4, 0.5) is 0 Å². The highest BCUT2D eigenvalue weighted by atomic mass is 16.5. The summed E-state index contributed by atoms with van der Waals surface area (Å²) in [5, 5.41) is 0. The number of ether oxygens (including phenoxy) is 1. The van der Waals surface area contributed by atoms with Crippen LogP contribution in [0, 0.1) is 0 Å². The highest BCUT2D eigenvalue weighted by Crippen LogP contribution is 2.23. The Morgan fingerprint density at radius 3 is 2.27 bits per heavy atom. The van der Waals surface area contributed by atoms with Gasteiger partial charge in [0.15, 0.2) is 0 Å². The SMILES string of the molecule is COc1ccc(CC(=O)N2CC(N3C(=O)CCC3=O)C2)cc1. The summed E-state index contributed by atoms with van der Waals surface area (Å²) in [5.74, 6) is 0.543. The second-order valence-electron chi connectivity index (χ2n) is 5.63. The minimum absolute atomic E-state index is 0.0144. The predicted octanol–water partition coefficient (Wildman–Crippen LogP) is 0.597. The van der Waals surface area contributed by atoms with Crippen LogP contribution in [0.3, 0.4) is 0 Å². The Bertz CT molecular complexity index is 589. The van der Waals surface area contributed by atoms with Gasteiger partial charge >= 0.3 is 0 Å². The Balaban J connectivity index is 1.52. The predicted molar refractivity (Wildman–Crippen MR) is 78.2 cm³/mol. The van der Waals surface area contributed by atoms with E-state index in [0.717, 1.165) is 11.3 Å². The molecule has 3 amide bonds. The van der Waals surface area contributed by atoms with E-state index in [4.69, 9.17) is 4.74 Å². The van der Waals surface area contributed by atoms with Crippen molar-refractivity contribution in [2.24, 2.45) is 0 Å². The standard InChI is InChI=1S/C16H18N2O4/c1-22-13-4-2-11(3-5-13)8-16(21)17-9-12(10-17)18-14(19)6-7-15(18)20/h2-5,12H,6-10H2,1H3. The van der Waals surface area contributed by atoms with Gasteiger partial charge in [0.2, 0.25) is 17.7 Å². The molecule has 22 heavy (non-hydrogen) atoms. The number of hydrogen-bond acceptors (Lipinski definition) is 4. The highest BCUT2D eigenvalue weighted by molar-refractivity contribution is 6.02. The summed E-state index contributed by atoms with van der Waals surface area (Å²) >= 11 is 0. The number of benzene rings is 1. The molecule has 0 bridgehead atoms. The van der Waals surface area contributed by atoms with Gasteiger partial charge in [-0.2, -0.15) is 0 Å². The lowest BCUT2D eigenvalue weighted by molar-refractivity contribution is -0.151. The zero-order chi connectivity index (χ0) is 15.7. The van der Waals surface area contributed by atoms with Crippen LogP contribution in [0.2, 0.25) is 0 Å². The summed E-state index contributed by atoms with van der Waals surface area (Å²) < 4.78 is 5.08. The largest absolute Gasteiger partial charge is 0.497 e. The molecule has 0 atom stereocenters. The number of carbonyl (C=O) groups is 3. The van der Waals surface area contributed by atoms with Crippen LogP contribution >= 0.6 is 0 Å². The number of rotatable bonds is 4. The number of nitrogens with zero attached hydrogens (tertiary/aromatic N) is 2. The molecular formula is C16H18N2O4. The van der Waals surface area contributed by atoms with Gasteiger partial charge in [0.25, 0.3) is 0 Å². The Morgan fingerprint density at radius 2 is 1.73 bits per heavy atom. The third kappa shape index (κ3) is 2.68. The lowest BCUT2D eigenvalue weighted by atomic mass is 10.0. The summed E-state index contributed by atoms with van der Waals surface area (Å²) in [6.07, 6.45) is 0.920. The molecule has 1 aromatic carbocycles. The maximum absolute atomic E-state index is 12.2. The van der Waals surface area contributed by atoms with E-state index in [1.165, 1.54) is 4.90 Å². The van der Waals surface area contributed by atoms with Crippen LogP contribution in [-0.4, -0.2) is 53.8 Å². The third-order valence-corrected chi connectivity index (χ3v) is 4.18. The number of methoxy groups -OCH3 is 1. The number of likely N-dealkylation sites (tertiary alicyclic amines) is 2. The molecule has 6 heteroatoms. The van der Waals surface area contributed by atoms with Gasteiger partial charge in [-0.15, -0.1) is 0 Å². The van der Waals surface area contributed by atoms with Crippen molar-refractivity contribution in [2.75, 3.05) is 20.2 Å². The van der Waals surface area contributed by atoms with Crippen molar-refractivity contribution >= 4 is 17.7 Å². The van der Waals surface area contributed by atoms with Gasteiger partial charge in [-0.3, -0.25) is 19.3 Å². The quantitative estimate of drug-likeness (QED) is 0.764. The van der Waals surface area contributed by atoms with Gasteiger partial charge in [0.05, 0.1) is 19.6 Å². The van der Waals surface area contributed by atoms with Crippen LogP contribution in [0.1, 0.15) is 18.4 Å². The second kappa shape index (κ2) is 5.79. The lowest BCUT2D eigenvalue weighted by Crippen LogP contribution is -2.62. The molecule has 0 spiro atoms. The Morgan fingerprint density at radius 1 is 1.14 bits per heavy atom. The smallest absolute Gasteiger partial charge is 0.230 e. The molecule has 0 unspecified atom stereocenters. The summed E-state index contributed by atoms with van der Waals surface area (Å²) in [5.41, 5.74) is 0.919. The molecule has 2 saturated heterocycles. The van der Waals surface area contributed by atoms with Gasteiger partial charge in [-0.25, -0.2) is 0 Å². The van der Waals surface area contributed by atoms with Gasteiger partial charge in [0, 0.05) is 25.9 Å². The minimum Gasteiger partial charge on any atom is -0.497 e. The maximum Gasteiger partial charge on any atom is 0.230 e. The first-order valence-corrected chi connectivity index (χ1v) is 7.34. The summed E-state index contributed by atoms with van der Waals surface area (Å²) in [6, 6.07) is 7.23. The molecule has 116 valence electrons. The average molecular weight is 302 g/mol. The molecule has 1 aromatic rings. The van der Waals surface area contributed by atoms with Crippen molar-refractivity contribution in [3.8, 4) is 5.75 Å².